The third-order valence-electron chi connectivity index (χ3n) is 5.74. The topological polar surface area (TPSA) is 68.5 Å². The van der Waals surface area contributed by atoms with Gasteiger partial charge in [0.15, 0.2) is 0 Å². The predicted octanol–water partition coefficient (Wildman–Crippen LogP) is 5.81. The van der Waals surface area contributed by atoms with Gasteiger partial charge in [-0.2, -0.15) is 10.2 Å². The normalized spacial score (nSPS) is 10.9. The summed E-state index contributed by atoms with van der Waals surface area (Å²) < 4.78 is 7.74. The van der Waals surface area contributed by atoms with Crippen LogP contribution in [0.2, 0.25) is 0 Å². The Hall–Kier alpha value is -4.97. The minimum Gasteiger partial charge on any atom is -0.489 e. The van der Waals surface area contributed by atoms with Gasteiger partial charge in [-0.1, -0.05) is 78.9 Å². The lowest BCUT2D eigenvalue weighted by atomic mass is 10.1. The molecule has 0 atom stereocenters. The first-order valence-electron chi connectivity index (χ1n) is 12.0. The van der Waals surface area contributed by atoms with Crippen LogP contribution in [0.25, 0.3) is 16.9 Å². The lowest BCUT2D eigenvalue weighted by Crippen LogP contribution is -2.19. The standard InChI is InChI=1S/C31H26N4O2/c36-30(20-24-10-4-1-5-11-24)33-32-21-27-22-35(28-14-8-3-9-15-28)34-31(27)26-16-18-29(19-17-26)37-23-25-12-6-2-7-13-25/h1-19,21-22H,20,23H2,(H,33,36)/b32-21-. The molecule has 5 rings (SSSR count). The molecule has 5 aromatic rings. The molecule has 37 heavy (non-hydrogen) atoms. The van der Waals surface area contributed by atoms with E-state index in [0.717, 1.165) is 39.4 Å². The molecule has 0 spiro atoms. The van der Waals surface area contributed by atoms with Crippen LogP contribution in [0.4, 0.5) is 0 Å². The van der Waals surface area contributed by atoms with E-state index >= 15 is 0 Å². The molecular weight excluding hydrogens is 460 g/mol. The van der Waals surface area contributed by atoms with E-state index in [1.807, 2.05) is 126 Å². The summed E-state index contributed by atoms with van der Waals surface area (Å²) in [5.41, 5.74) is 8.04. The summed E-state index contributed by atoms with van der Waals surface area (Å²) in [7, 11) is 0. The Morgan fingerprint density at radius 2 is 1.43 bits per heavy atom. The summed E-state index contributed by atoms with van der Waals surface area (Å²) in [5.74, 6) is 0.595. The van der Waals surface area contributed by atoms with Crippen LogP contribution < -0.4 is 10.2 Å². The predicted molar refractivity (Wildman–Crippen MR) is 146 cm³/mol. The summed E-state index contributed by atoms with van der Waals surface area (Å²) in [4.78, 5) is 12.3. The maximum Gasteiger partial charge on any atom is 0.244 e. The highest BCUT2D eigenvalue weighted by Gasteiger charge is 2.12. The fourth-order valence-electron chi connectivity index (χ4n) is 3.86. The van der Waals surface area contributed by atoms with E-state index in [-0.39, 0.29) is 12.3 Å². The Morgan fingerprint density at radius 3 is 2.11 bits per heavy atom. The van der Waals surface area contributed by atoms with E-state index in [1.165, 1.54) is 0 Å². The number of hydrazone groups is 1. The van der Waals surface area contributed by atoms with Gasteiger partial charge in [0, 0.05) is 17.3 Å². The van der Waals surface area contributed by atoms with Gasteiger partial charge in [0.05, 0.1) is 18.3 Å². The number of carbonyl (C=O) groups is 1. The van der Waals surface area contributed by atoms with E-state index in [2.05, 4.69) is 10.5 Å². The number of hydrogen-bond donors (Lipinski definition) is 1. The Morgan fingerprint density at radius 1 is 0.811 bits per heavy atom. The van der Waals surface area contributed by atoms with Gasteiger partial charge in [-0.15, -0.1) is 0 Å². The molecule has 4 aromatic carbocycles. The fourth-order valence-corrected chi connectivity index (χ4v) is 3.86. The van der Waals surface area contributed by atoms with Crippen LogP contribution in [0, 0.1) is 0 Å². The zero-order chi connectivity index (χ0) is 25.3. The van der Waals surface area contributed by atoms with Gasteiger partial charge in [0.2, 0.25) is 5.91 Å². The van der Waals surface area contributed by atoms with Crippen LogP contribution in [0.3, 0.4) is 0 Å². The first-order valence-corrected chi connectivity index (χ1v) is 12.0. The van der Waals surface area contributed by atoms with Crippen LogP contribution in [0.5, 0.6) is 5.75 Å². The number of aromatic nitrogens is 2. The van der Waals surface area contributed by atoms with Crippen molar-refractivity contribution in [3.8, 4) is 22.7 Å². The highest BCUT2D eigenvalue weighted by molar-refractivity contribution is 5.90. The second-order valence-electron chi connectivity index (χ2n) is 8.47. The molecule has 1 heterocycles. The van der Waals surface area contributed by atoms with Crippen molar-refractivity contribution in [2.24, 2.45) is 5.10 Å². The van der Waals surface area contributed by atoms with Gasteiger partial charge in [-0.25, -0.2) is 10.1 Å². The molecule has 0 saturated heterocycles. The van der Waals surface area contributed by atoms with E-state index in [9.17, 15) is 4.79 Å². The number of ether oxygens (including phenoxy) is 1. The fraction of sp³-hybridized carbons (Fsp3) is 0.0645. The number of nitrogens with zero attached hydrogens (tertiary/aromatic N) is 3. The molecule has 182 valence electrons. The smallest absolute Gasteiger partial charge is 0.244 e. The third-order valence-corrected chi connectivity index (χ3v) is 5.74. The largest absolute Gasteiger partial charge is 0.489 e. The van der Waals surface area contributed by atoms with Gasteiger partial charge in [-0.05, 0) is 47.5 Å². The third kappa shape index (κ3) is 6.38. The number of carbonyl (C=O) groups excluding carboxylic acids is 1. The summed E-state index contributed by atoms with van der Waals surface area (Å²) in [6.45, 7) is 0.503. The number of nitrogens with one attached hydrogen (secondary N) is 1. The van der Waals surface area contributed by atoms with Crippen molar-refractivity contribution in [3.63, 3.8) is 0 Å². The van der Waals surface area contributed by atoms with Crippen LogP contribution in [0.1, 0.15) is 16.7 Å². The van der Waals surface area contributed by atoms with Crippen molar-refractivity contribution >= 4 is 12.1 Å². The highest BCUT2D eigenvalue weighted by Crippen LogP contribution is 2.25. The van der Waals surface area contributed by atoms with Crippen molar-refractivity contribution in [2.75, 3.05) is 0 Å². The van der Waals surface area contributed by atoms with Crippen molar-refractivity contribution in [1.29, 1.82) is 0 Å². The van der Waals surface area contributed by atoms with Crippen molar-refractivity contribution in [1.82, 2.24) is 15.2 Å². The van der Waals surface area contributed by atoms with E-state index in [4.69, 9.17) is 9.84 Å². The lowest BCUT2D eigenvalue weighted by molar-refractivity contribution is -0.120. The van der Waals surface area contributed by atoms with Crippen LogP contribution >= 0.6 is 0 Å². The van der Waals surface area contributed by atoms with Gasteiger partial charge < -0.3 is 4.74 Å². The molecule has 6 nitrogen and oxygen atoms in total. The molecule has 0 aliphatic rings. The molecule has 6 heteroatoms. The zero-order valence-electron chi connectivity index (χ0n) is 20.2. The quantitative estimate of drug-likeness (QED) is 0.211. The monoisotopic (exact) mass is 486 g/mol. The maximum absolute atomic E-state index is 12.3. The Balaban J connectivity index is 1.34. The summed E-state index contributed by atoms with van der Waals surface area (Å²) in [5, 5.41) is 9.02. The van der Waals surface area contributed by atoms with Gasteiger partial charge in [-0.3, -0.25) is 4.79 Å². The summed E-state index contributed by atoms with van der Waals surface area (Å²) in [6.07, 6.45) is 3.79. The summed E-state index contributed by atoms with van der Waals surface area (Å²) in [6, 6.07) is 37.3. The molecule has 0 fully saturated rings. The first-order chi connectivity index (χ1) is 18.2. The van der Waals surface area contributed by atoms with Gasteiger partial charge in [0.1, 0.15) is 18.1 Å². The average molecular weight is 487 g/mol. The van der Waals surface area contributed by atoms with E-state index < -0.39 is 0 Å². The molecule has 0 bridgehead atoms. The summed E-state index contributed by atoms with van der Waals surface area (Å²) >= 11 is 0. The number of para-hydroxylation sites is 1. The Labute approximate surface area is 215 Å². The van der Waals surface area contributed by atoms with Crippen LogP contribution in [0.15, 0.2) is 127 Å². The molecule has 0 unspecified atom stereocenters. The number of rotatable bonds is 9. The van der Waals surface area contributed by atoms with Crippen molar-refractivity contribution in [2.45, 2.75) is 13.0 Å². The van der Waals surface area contributed by atoms with E-state index in [0.29, 0.717) is 6.61 Å². The average Bonchev–Trinajstić information content (AvgIpc) is 3.38. The van der Waals surface area contributed by atoms with Crippen molar-refractivity contribution < 1.29 is 9.53 Å². The molecule has 0 saturated carbocycles. The molecule has 0 aliphatic carbocycles. The first kappa shape index (κ1) is 23.8. The minimum atomic E-state index is -0.181. The van der Waals surface area contributed by atoms with Gasteiger partial charge >= 0.3 is 0 Å². The second-order valence-corrected chi connectivity index (χ2v) is 8.47. The number of benzene rings is 4. The molecule has 1 amide bonds. The number of amides is 1. The number of hydrogen-bond acceptors (Lipinski definition) is 4. The maximum atomic E-state index is 12.3. The lowest BCUT2D eigenvalue weighted by Gasteiger charge is -2.07. The van der Waals surface area contributed by atoms with Crippen molar-refractivity contribution in [3.05, 3.63) is 138 Å². The second kappa shape index (κ2) is 11.6. The molecule has 1 N–H and O–H groups in total. The molecular formula is C31H26N4O2. The van der Waals surface area contributed by atoms with Gasteiger partial charge in [0.25, 0.3) is 0 Å². The molecule has 0 radical (unpaired) electrons. The highest BCUT2D eigenvalue weighted by atomic mass is 16.5. The van der Waals surface area contributed by atoms with Crippen LogP contribution in [-0.2, 0) is 17.8 Å². The Kier molecular flexibility index (Phi) is 7.47. The molecule has 0 aliphatic heterocycles. The van der Waals surface area contributed by atoms with E-state index in [1.54, 1.807) is 6.21 Å². The molecule has 1 aromatic heterocycles. The van der Waals surface area contributed by atoms with Crippen LogP contribution in [-0.4, -0.2) is 21.9 Å². The minimum absolute atomic E-state index is 0.181. The zero-order valence-corrected chi connectivity index (χ0v) is 20.2. The SMILES string of the molecule is O=C(Cc1ccccc1)N/N=C\c1cn(-c2ccccc2)nc1-c1ccc(OCc2ccccc2)cc1. The Bertz CT molecular complexity index is 1460.